The number of rotatable bonds is 3. The van der Waals surface area contributed by atoms with Crippen LogP contribution in [0.5, 0.6) is 0 Å². The van der Waals surface area contributed by atoms with Crippen LogP contribution in [0.2, 0.25) is 0 Å². The van der Waals surface area contributed by atoms with Gasteiger partial charge in [0.1, 0.15) is 6.10 Å². The van der Waals surface area contributed by atoms with Crippen LogP contribution in [0.3, 0.4) is 0 Å². The lowest BCUT2D eigenvalue weighted by atomic mass is 10.1. The smallest absolute Gasteiger partial charge is 0.159 e. The van der Waals surface area contributed by atoms with E-state index in [4.69, 9.17) is 0 Å². The molecule has 78 valence electrons. The first-order valence-corrected chi connectivity index (χ1v) is 4.61. The van der Waals surface area contributed by atoms with Crippen LogP contribution in [0, 0.1) is 11.6 Å². The summed E-state index contributed by atoms with van der Waals surface area (Å²) in [6, 6.07) is 2.97. The summed E-state index contributed by atoms with van der Waals surface area (Å²) < 4.78 is 25.2. The number of aliphatic hydroxyl groups is 2. The van der Waals surface area contributed by atoms with Crippen molar-refractivity contribution >= 4 is 12.6 Å². The van der Waals surface area contributed by atoms with E-state index >= 15 is 0 Å². The second-order valence-electron chi connectivity index (χ2n) is 2.87. The first-order valence-electron chi connectivity index (χ1n) is 3.98. The molecule has 0 bridgehead atoms. The topological polar surface area (TPSA) is 40.5 Å². The molecule has 1 aromatic carbocycles. The zero-order chi connectivity index (χ0) is 10.7. The summed E-state index contributed by atoms with van der Waals surface area (Å²) in [5.41, 5.74) is 0.130. The predicted molar refractivity (Wildman–Crippen MR) is 51.2 cm³/mol. The first-order chi connectivity index (χ1) is 6.56. The van der Waals surface area contributed by atoms with Crippen LogP contribution < -0.4 is 0 Å². The molecule has 2 atom stereocenters. The maximum absolute atomic E-state index is 12.7. The van der Waals surface area contributed by atoms with Crippen molar-refractivity contribution in [3.8, 4) is 0 Å². The summed E-state index contributed by atoms with van der Waals surface area (Å²) >= 11 is 3.77. The molecular weight excluding hydrogens is 210 g/mol. The number of halogens is 2. The minimum absolute atomic E-state index is 0.0418. The van der Waals surface area contributed by atoms with Crippen LogP contribution in [-0.4, -0.2) is 22.1 Å². The van der Waals surface area contributed by atoms with Gasteiger partial charge in [-0.05, 0) is 17.7 Å². The summed E-state index contributed by atoms with van der Waals surface area (Å²) in [7, 11) is 0. The van der Waals surface area contributed by atoms with Gasteiger partial charge in [-0.2, -0.15) is 12.6 Å². The standard InChI is InChI=1S/C9H10F2O2S/c10-6-2-1-5(3-7(6)11)9(13)8(12)4-14/h1-3,8-9,12-14H,4H2. The minimum Gasteiger partial charge on any atom is -0.389 e. The molecular formula is C9H10F2O2S. The Kier molecular flexibility index (Phi) is 3.86. The van der Waals surface area contributed by atoms with Gasteiger partial charge in [0, 0.05) is 5.75 Å². The molecule has 0 heterocycles. The quantitative estimate of drug-likeness (QED) is 0.672. The lowest BCUT2D eigenvalue weighted by Gasteiger charge is -2.15. The number of aliphatic hydroxyl groups excluding tert-OH is 2. The number of benzene rings is 1. The van der Waals surface area contributed by atoms with Gasteiger partial charge in [0.05, 0.1) is 6.10 Å². The van der Waals surface area contributed by atoms with E-state index in [9.17, 15) is 19.0 Å². The third-order valence-corrected chi connectivity index (χ3v) is 2.21. The Labute approximate surface area is 85.6 Å². The van der Waals surface area contributed by atoms with Gasteiger partial charge in [0.2, 0.25) is 0 Å². The normalized spacial score (nSPS) is 15.2. The van der Waals surface area contributed by atoms with Gasteiger partial charge in [-0.15, -0.1) is 0 Å². The van der Waals surface area contributed by atoms with Crippen molar-refractivity contribution < 1.29 is 19.0 Å². The van der Waals surface area contributed by atoms with Gasteiger partial charge >= 0.3 is 0 Å². The number of hydrogen-bond donors (Lipinski definition) is 3. The zero-order valence-corrected chi connectivity index (χ0v) is 8.09. The molecule has 0 radical (unpaired) electrons. The first kappa shape index (κ1) is 11.4. The van der Waals surface area contributed by atoms with Crippen molar-refractivity contribution in [1.82, 2.24) is 0 Å². The van der Waals surface area contributed by atoms with Crippen molar-refractivity contribution in [2.24, 2.45) is 0 Å². The van der Waals surface area contributed by atoms with Gasteiger partial charge in [-0.25, -0.2) is 8.78 Å². The Hall–Kier alpha value is -0.650. The summed E-state index contributed by atoms with van der Waals surface area (Å²) in [5, 5.41) is 18.6. The van der Waals surface area contributed by atoms with Crippen molar-refractivity contribution in [1.29, 1.82) is 0 Å². The molecule has 2 unspecified atom stereocenters. The highest BCUT2D eigenvalue weighted by Crippen LogP contribution is 2.19. The molecule has 0 aliphatic heterocycles. The Morgan fingerprint density at radius 3 is 2.36 bits per heavy atom. The van der Waals surface area contributed by atoms with Gasteiger partial charge in [0.15, 0.2) is 11.6 Å². The lowest BCUT2D eigenvalue weighted by molar-refractivity contribution is 0.0335. The van der Waals surface area contributed by atoms with Crippen LogP contribution in [-0.2, 0) is 0 Å². The third-order valence-electron chi connectivity index (χ3n) is 1.84. The van der Waals surface area contributed by atoms with Gasteiger partial charge in [-0.1, -0.05) is 6.07 Å². The van der Waals surface area contributed by atoms with E-state index in [2.05, 4.69) is 12.6 Å². The Morgan fingerprint density at radius 2 is 1.86 bits per heavy atom. The molecule has 2 nitrogen and oxygen atoms in total. The van der Waals surface area contributed by atoms with Crippen LogP contribution in [0.4, 0.5) is 8.78 Å². The van der Waals surface area contributed by atoms with Crippen LogP contribution in [0.25, 0.3) is 0 Å². The SMILES string of the molecule is OC(CS)C(O)c1ccc(F)c(F)c1. The highest BCUT2D eigenvalue weighted by molar-refractivity contribution is 7.80. The van der Waals surface area contributed by atoms with E-state index < -0.39 is 23.8 Å². The van der Waals surface area contributed by atoms with Crippen LogP contribution >= 0.6 is 12.6 Å². The maximum atomic E-state index is 12.7. The van der Waals surface area contributed by atoms with Crippen molar-refractivity contribution in [2.75, 3.05) is 5.75 Å². The highest BCUT2D eigenvalue weighted by Gasteiger charge is 2.18. The van der Waals surface area contributed by atoms with Crippen LogP contribution in [0.1, 0.15) is 11.7 Å². The average Bonchev–Trinajstić information content (AvgIpc) is 2.20. The number of thiol groups is 1. The molecule has 5 heteroatoms. The summed E-state index contributed by atoms with van der Waals surface area (Å²) in [5.74, 6) is -1.99. The van der Waals surface area contributed by atoms with Gasteiger partial charge < -0.3 is 10.2 Å². The third kappa shape index (κ3) is 2.43. The molecule has 0 amide bonds. The monoisotopic (exact) mass is 220 g/mol. The van der Waals surface area contributed by atoms with Crippen molar-refractivity contribution in [3.63, 3.8) is 0 Å². The van der Waals surface area contributed by atoms with E-state index in [-0.39, 0.29) is 11.3 Å². The summed E-state index contributed by atoms with van der Waals surface area (Å²) in [6.45, 7) is 0. The van der Waals surface area contributed by atoms with Gasteiger partial charge in [-0.3, -0.25) is 0 Å². The highest BCUT2D eigenvalue weighted by atomic mass is 32.1. The molecule has 0 saturated carbocycles. The molecule has 2 N–H and O–H groups in total. The largest absolute Gasteiger partial charge is 0.389 e. The second kappa shape index (κ2) is 4.72. The Morgan fingerprint density at radius 1 is 1.21 bits per heavy atom. The fourth-order valence-electron chi connectivity index (χ4n) is 1.02. The molecule has 1 aromatic rings. The number of hydrogen-bond acceptors (Lipinski definition) is 3. The van der Waals surface area contributed by atoms with Crippen LogP contribution in [0.15, 0.2) is 18.2 Å². The van der Waals surface area contributed by atoms with E-state index in [1.54, 1.807) is 0 Å². The van der Waals surface area contributed by atoms with Crippen molar-refractivity contribution in [2.45, 2.75) is 12.2 Å². The minimum atomic E-state index is -1.25. The lowest BCUT2D eigenvalue weighted by Crippen LogP contribution is -2.19. The second-order valence-corrected chi connectivity index (χ2v) is 3.23. The molecule has 0 aliphatic carbocycles. The Balaban J connectivity index is 2.91. The van der Waals surface area contributed by atoms with E-state index in [1.807, 2.05) is 0 Å². The fraction of sp³-hybridized carbons (Fsp3) is 0.333. The molecule has 0 aliphatic rings. The Bertz CT molecular complexity index is 320. The molecule has 0 fully saturated rings. The summed E-state index contributed by atoms with van der Waals surface area (Å²) in [6.07, 6.45) is -2.34. The van der Waals surface area contributed by atoms with Crippen molar-refractivity contribution in [3.05, 3.63) is 35.4 Å². The molecule has 1 rings (SSSR count). The zero-order valence-electron chi connectivity index (χ0n) is 7.19. The summed E-state index contributed by atoms with van der Waals surface area (Å²) in [4.78, 5) is 0. The molecule has 14 heavy (non-hydrogen) atoms. The van der Waals surface area contributed by atoms with Gasteiger partial charge in [0.25, 0.3) is 0 Å². The van der Waals surface area contributed by atoms with E-state index in [0.717, 1.165) is 12.1 Å². The molecule has 0 saturated heterocycles. The maximum Gasteiger partial charge on any atom is 0.159 e. The van der Waals surface area contributed by atoms with E-state index in [1.165, 1.54) is 6.07 Å². The van der Waals surface area contributed by atoms with E-state index in [0.29, 0.717) is 0 Å². The molecule has 0 aromatic heterocycles. The fourth-order valence-corrected chi connectivity index (χ4v) is 1.22. The average molecular weight is 220 g/mol. The molecule has 0 spiro atoms. The predicted octanol–water partition coefficient (Wildman–Crippen LogP) is 1.29.